The molecule has 3 nitrogen and oxygen atoms in total. The third kappa shape index (κ3) is 2.80. The topological polar surface area (TPSA) is 49.3 Å². The molecule has 78 valence electrons. The summed E-state index contributed by atoms with van der Waals surface area (Å²) in [7, 11) is 0. The summed E-state index contributed by atoms with van der Waals surface area (Å²) >= 11 is 4.67. The van der Waals surface area contributed by atoms with E-state index >= 15 is 0 Å². The van der Waals surface area contributed by atoms with E-state index in [0.29, 0.717) is 4.88 Å². The van der Waals surface area contributed by atoms with Crippen molar-refractivity contribution < 1.29 is 9.90 Å². The van der Waals surface area contributed by atoms with Crippen LogP contribution in [0.3, 0.4) is 0 Å². The molecule has 1 aromatic rings. The lowest BCUT2D eigenvalue weighted by Crippen LogP contribution is -2.36. The van der Waals surface area contributed by atoms with Gasteiger partial charge in [-0.25, -0.2) is 0 Å². The number of carbonyl (C=O) groups excluding carboxylic acids is 1. The highest BCUT2D eigenvalue weighted by atomic mass is 79.9. The van der Waals surface area contributed by atoms with E-state index < -0.39 is 0 Å². The molecular formula is C9H12BrNO2S. The highest BCUT2D eigenvalue weighted by Gasteiger charge is 2.14. The maximum atomic E-state index is 11.6. The maximum Gasteiger partial charge on any atom is 0.262 e. The van der Waals surface area contributed by atoms with E-state index in [0.717, 1.165) is 10.9 Å². The number of aliphatic hydroxyl groups excluding tert-OH is 1. The normalized spacial score (nSPS) is 12.5. The minimum atomic E-state index is -0.156. The lowest BCUT2D eigenvalue weighted by Gasteiger charge is -2.13. The SMILES string of the molecule is CC[C@@H](CO)NC(=O)c1sccc1Br. The van der Waals surface area contributed by atoms with Gasteiger partial charge in [0.1, 0.15) is 4.88 Å². The van der Waals surface area contributed by atoms with E-state index in [4.69, 9.17) is 5.11 Å². The van der Waals surface area contributed by atoms with Gasteiger partial charge >= 0.3 is 0 Å². The quantitative estimate of drug-likeness (QED) is 0.885. The fourth-order valence-electron chi connectivity index (χ4n) is 0.984. The largest absolute Gasteiger partial charge is 0.394 e. The zero-order valence-electron chi connectivity index (χ0n) is 7.79. The maximum absolute atomic E-state index is 11.6. The Morgan fingerprint density at radius 2 is 2.50 bits per heavy atom. The van der Waals surface area contributed by atoms with Gasteiger partial charge < -0.3 is 10.4 Å². The Hall–Kier alpha value is -0.390. The zero-order chi connectivity index (χ0) is 10.6. The summed E-state index contributed by atoms with van der Waals surface area (Å²) in [4.78, 5) is 12.3. The molecule has 14 heavy (non-hydrogen) atoms. The molecular weight excluding hydrogens is 266 g/mol. The fraction of sp³-hybridized carbons (Fsp3) is 0.444. The Balaban J connectivity index is 2.63. The van der Waals surface area contributed by atoms with Gasteiger partial charge in [0, 0.05) is 4.47 Å². The Morgan fingerprint density at radius 1 is 1.79 bits per heavy atom. The number of thiophene rings is 1. The summed E-state index contributed by atoms with van der Waals surface area (Å²) in [6.07, 6.45) is 0.727. The van der Waals surface area contributed by atoms with Crippen LogP contribution < -0.4 is 5.32 Å². The van der Waals surface area contributed by atoms with E-state index in [1.54, 1.807) is 0 Å². The Kier molecular flexibility index (Phi) is 4.57. The molecule has 1 rings (SSSR count). The highest BCUT2D eigenvalue weighted by Crippen LogP contribution is 2.22. The number of halogens is 1. The number of amides is 1. The number of aliphatic hydroxyl groups is 1. The molecule has 1 aromatic heterocycles. The molecule has 0 fully saturated rings. The van der Waals surface area contributed by atoms with Gasteiger partial charge in [-0.2, -0.15) is 0 Å². The zero-order valence-corrected chi connectivity index (χ0v) is 10.2. The van der Waals surface area contributed by atoms with Crippen molar-refractivity contribution >= 4 is 33.2 Å². The molecule has 5 heteroatoms. The summed E-state index contributed by atoms with van der Waals surface area (Å²) in [5.74, 6) is -0.132. The van der Waals surface area contributed by atoms with E-state index in [2.05, 4.69) is 21.2 Å². The minimum Gasteiger partial charge on any atom is -0.394 e. The predicted molar refractivity (Wildman–Crippen MR) is 60.7 cm³/mol. The van der Waals surface area contributed by atoms with Crippen molar-refractivity contribution in [3.05, 3.63) is 20.8 Å². The summed E-state index contributed by atoms with van der Waals surface area (Å²) in [6.45, 7) is 1.90. The Morgan fingerprint density at radius 3 is 2.93 bits per heavy atom. The summed E-state index contributed by atoms with van der Waals surface area (Å²) in [5.41, 5.74) is 0. The molecule has 1 heterocycles. The Labute approximate surface area is 95.3 Å². The first kappa shape index (κ1) is 11.7. The van der Waals surface area contributed by atoms with Crippen LogP contribution in [0.1, 0.15) is 23.0 Å². The number of hydrogen-bond acceptors (Lipinski definition) is 3. The van der Waals surface area contributed by atoms with E-state index in [-0.39, 0.29) is 18.6 Å². The first-order valence-corrected chi connectivity index (χ1v) is 6.01. The van der Waals surface area contributed by atoms with Crippen LogP contribution in [0, 0.1) is 0 Å². The molecule has 0 aliphatic rings. The smallest absolute Gasteiger partial charge is 0.262 e. The predicted octanol–water partition coefficient (Wildman–Crippen LogP) is 2.01. The number of rotatable bonds is 4. The Bertz CT molecular complexity index is 310. The summed E-state index contributed by atoms with van der Waals surface area (Å²) in [6, 6.07) is 1.68. The number of nitrogens with one attached hydrogen (secondary N) is 1. The van der Waals surface area contributed by atoms with E-state index in [9.17, 15) is 4.79 Å². The average molecular weight is 278 g/mol. The molecule has 0 bridgehead atoms. The second-order valence-corrected chi connectivity index (χ2v) is 4.63. The van der Waals surface area contributed by atoms with Gasteiger partial charge in [0.25, 0.3) is 5.91 Å². The third-order valence-corrected chi connectivity index (χ3v) is 3.71. The standard InChI is InChI=1S/C9H12BrNO2S/c1-2-6(5-12)11-9(13)8-7(10)3-4-14-8/h3-4,6,12H,2,5H2,1H3,(H,11,13)/t6-/m0/s1. The van der Waals surface area contributed by atoms with Crippen molar-refractivity contribution in [3.63, 3.8) is 0 Å². The lowest BCUT2D eigenvalue weighted by atomic mass is 10.2. The molecule has 0 aliphatic heterocycles. The second-order valence-electron chi connectivity index (χ2n) is 2.86. The van der Waals surface area contributed by atoms with Gasteiger partial charge in [0.2, 0.25) is 0 Å². The lowest BCUT2D eigenvalue weighted by molar-refractivity contribution is 0.0918. The molecule has 0 unspecified atom stereocenters. The van der Waals surface area contributed by atoms with Gasteiger partial charge in [0.05, 0.1) is 12.6 Å². The first-order valence-electron chi connectivity index (χ1n) is 4.33. The van der Waals surface area contributed by atoms with Crippen LogP contribution >= 0.6 is 27.3 Å². The molecule has 0 saturated heterocycles. The van der Waals surface area contributed by atoms with Crippen molar-refractivity contribution in [1.82, 2.24) is 5.32 Å². The van der Waals surface area contributed by atoms with Crippen LogP contribution in [0.15, 0.2) is 15.9 Å². The minimum absolute atomic E-state index is 0.0226. The van der Waals surface area contributed by atoms with Crippen molar-refractivity contribution in [2.24, 2.45) is 0 Å². The van der Waals surface area contributed by atoms with Gasteiger partial charge in [-0.15, -0.1) is 11.3 Å². The highest BCUT2D eigenvalue weighted by molar-refractivity contribution is 9.10. The monoisotopic (exact) mass is 277 g/mol. The molecule has 2 N–H and O–H groups in total. The second kappa shape index (κ2) is 5.48. The van der Waals surface area contributed by atoms with E-state index in [1.807, 2.05) is 18.4 Å². The third-order valence-electron chi connectivity index (χ3n) is 1.87. The molecule has 1 amide bonds. The van der Waals surface area contributed by atoms with Gasteiger partial charge in [-0.05, 0) is 33.8 Å². The van der Waals surface area contributed by atoms with Crippen molar-refractivity contribution in [2.45, 2.75) is 19.4 Å². The molecule has 0 aliphatic carbocycles. The van der Waals surface area contributed by atoms with Gasteiger partial charge in [-0.1, -0.05) is 6.92 Å². The summed E-state index contributed by atoms with van der Waals surface area (Å²) in [5, 5.41) is 13.5. The molecule has 0 spiro atoms. The number of hydrogen-bond donors (Lipinski definition) is 2. The van der Waals surface area contributed by atoms with Crippen LogP contribution in [0.5, 0.6) is 0 Å². The summed E-state index contributed by atoms with van der Waals surface area (Å²) < 4.78 is 0.799. The number of carbonyl (C=O) groups is 1. The van der Waals surface area contributed by atoms with Crippen LogP contribution in [-0.4, -0.2) is 23.7 Å². The van der Waals surface area contributed by atoms with Crippen LogP contribution in [0.2, 0.25) is 0 Å². The fourth-order valence-corrected chi connectivity index (χ4v) is 2.44. The first-order chi connectivity index (χ1) is 6.69. The van der Waals surface area contributed by atoms with Gasteiger partial charge in [0.15, 0.2) is 0 Å². The van der Waals surface area contributed by atoms with Crippen molar-refractivity contribution in [2.75, 3.05) is 6.61 Å². The molecule has 0 radical (unpaired) electrons. The molecule has 0 aromatic carbocycles. The van der Waals surface area contributed by atoms with Crippen molar-refractivity contribution in [3.8, 4) is 0 Å². The molecule has 1 atom stereocenters. The van der Waals surface area contributed by atoms with Crippen LogP contribution in [0.4, 0.5) is 0 Å². The van der Waals surface area contributed by atoms with Crippen molar-refractivity contribution in [1.29, 1.82) is 0 Å². The van der Waals surface area contributed by atoms with Crippen LogP contribution in [-0.2, 0) is 0 Å². The van der Waals surface area contributed by atoms with E-state index in [1.165, 1.54) is 11.3 Å². The van der Waals surface area contributed by atoms with Crippen LogP contribution in [0.25, 0.3) is 0 Å². The molecule has 0 saturated carbocycles. The average Bonchev–Trinajstić information content (AvgIpc) is 2.60. The van der Waals surface area contributed by atoms with Gasteiger partial charge in [-0.3, -0.25) is 4.79 Å².